The highest BCUT2D eigenvalue weighted by molar-refractivity contribution is 6.17. The number of nitrogens with one attached hydrogen (secondary N) is 3. The largest absolute Gasteiger partial charge is 0.326 e. The standard InChI is InChI=1S/C22H25N3O3/c1-13-10-14(2)19(15(3)11-13)25-21(28)22(8-9-22)20(27)24-18-7-5-6-17(12-18)23-16(4)26/h5-7,10-12H,8-9H2,1-4H3,(H,23,26)(H,24,27)(H,25,28). The first-order chi connectivity index (χ1) is 13.2. The zero-order chi connectivity index (χ0) is 20.5. The first-order valence-electron chi connectivity index (χ1n) is 9.30. The summed E-state index contributed by atoms with van der Waals surface area (Å²) >= 11 is 0. The Morgan fingerprint density at radius 1 is 0.821 bits per heavy atom. The number of hydrogen-bond donors (Lipinski definition) is 3. The molecule has 0 saturated heterocycles. The minimum absolute atomic E-state index is 0.189. The number of carbonyl (C=O) groups is 3. The van der Waals surface area contributed by atoms with Crippen molar-refractivity contribution in [3.05, 3.63) is 53.1 Å². The Morgan fingerprint density at radius 3 is 1.89 bits per heavy atom. The fraction of sp³-hybridized carbons (Fsp3) is 0.318. The van der Waals surface area contributed by atoms with E-state index in [-0.39, 0.29) is 17.7 Å². The van der Waals surface area contributed by atoms with E-state index in [1.165, 1.54) is 6.92 Å². The maximum absolute atomic E-state index is 12.9. The Balaban J connectivity index is 1.74. The Hall–Kier alpha value is -3.15. The molecule has 2 aromatic carbocycles. The summed E-state index contributed by atoms with van der Waals surface area (Å²) in [5.41, 5.74) is 3.93. The molecule has 0 aromatic heterocycles. The van der Waals surface area contributed by atoms with Crippen molar-refractivity contribution in [2.24, 2.45) is 5.41 Å². The molecule has 6 nitrogen and oxygen atoms in total. The molecule has 1 saturated carbocycles. The second-order valence-electron chi connectivity index (χ2n) is 7.53. The van der Waals surface area contributed by atoms with Gasteiger partial charge in [-0.05, 0) is 62.9 Å². The van der Waals surface area contributed by atoms with Crippen LogP contribution in [0.1, 0.15) is 36.5 Å². The predicted octanol–water partition coefficient (Wildman–Crippen LogP) is 3.93. The second kappa shape index (κ2) is 7.46. The summed E-state index contributed by atoms with van der Waals surface area (Å²) in [5.74, 6) is -0.796. The number of aryl methyl sites for hydroxylation is 3. The number of hydrogen-bond acceptors (Lipinski definition) is 3. The van der Waals surface area contributed by atoms with Crippen molar-refractivity contribution < 1.29 is 14.4 Å². The van der Waals surface area contributed by atoms with Crippen molar-refractivity contribution in [2.45, 2.75) is 40.5 Å². The molecular weight excluding hydrogens is 354 g/mol. The van der Waals surface area contributed by atoms with Gasteiger partial charge in [0.15, 0.2) is 0 Å². The molecule has 3 N–H and O–H groups in total. The lowest BCUT2D eigenvalue weighted by Crippen LogP contribution is -2.36. The molecule has 146 valence electrons. The summed E-state index contributed by atoms with van der Waals surface area (Å²) in [7, 11) is 0. The number of benzene rings is 2. The average molecular weight is 379 g/mol. The Labute approximate surface area is 164 Å². The van der Waals surface area contributed by atoms with Crippen LogP contribution >= 0.6 is 0 Å². The van der Waals surface area contributed by atoms with Crippen molar-refractivity contribution in [3.63, 3.8) is 0 Å². The number of rotatable bonds is 5. The molecule has 0 spiro atoms. The first kappa shape index (κ1) is 19.6. The molecule has 0 aliphatic heterocycles. The van der Waals surface area contributed by atoms with Crippen molar-refractivity contribution in [3.8, 4) is 0 Å². The predicted molar refractivity (Wildman–Crippen MR) is 110 cm³/mol. The Morgan fingerprint density at radius 2 is 1.36 bits per heavy atom. The third-order valence-electron chi connectivity index (χ3n) is 4.98. The molecule has 0 heterocycles. The highest BCUT2D eigenvalue weighted by atomic mass is 16.2. The van der Waals surface area contributed by atoms with Crippen LogP contribution < -0.4 is 16.0 Å². The molecule has 0 bridgehead atoms. The number of carbonyl (C=O) groups excluding carboxylic acids is 3. The van der Waals surface area contributed by atoms with Gasteiger partial charge in [-0.1, -0.05) is 23.8 Å². The zero-order valence-electron chi connectivity index (χ0n) is 16.6. The molecule has 1 aliphatic carbocycles. The van der Waals surface area contributed by atoms with Gasteiger partial charge >= 0.3 is 0 Å². The molecule has 2 aromatic rings. The van der Waals surface area contributed by atoms with E-state index in [1.807, 2.05) is 32.9 Å². The Bertz CT molecular complexity index is 938. The van der Waals surface area contributed by atoms with Crippen LogP contribution in [0.25, 0.3) is 0 Å². The van der Waals surface area contributed by atoms with E-state index in [4.69, 9.17) is 0 Å². The number of amides is 3. The summed E-state index contributed by atoms with van der Waals surface area (Å²) in [6.45, 7) is 7.33. The van der Waals surface area contributed by atoms with Gasteiger partial charge in [0, 0.05) is 24.0 Å². The minimum atomic E-state index is -1.05. The topological polar surface area (TPSA) is 87.3 Å². The van der Waals surface area contributed by atoms with Crippen LogP contribution in [0.2, 0.25) is 0 Å². The molecule has 1 fully saturated rings. The quantitative estimate of drug-likeness (QED) is 0.688. The van der Waals surface area contributed by atoms with Gasteiger partial charge in [0.2, 0.25) is 17.7 Å². The maximum Gasteiger partial charge on any atom is 0.240 e. The molecule has 0 unspecified atom stereocenters. The van der Waals surface area contributed by atoms with Crippen LogP contribution in [0.15, 0.2) is 36.4 Å². The van der Waals surface area contributed by atoms with E-state index in [1.54, 1.807) is 24.3 Å². The van der Waals surface area contributed by atoms with Gasteiger partial charge in [-0.3, -0.25) is 14.4 Å². The molecule has 28 heavy (non-hydrogen) atoms. The van der Waals surface area contributed by atoms with Gasteiger partial charge in [-0.25, -0.2) is 0 Å². The van der Waals surface area contributed by atoms with E-state index in [0.29, 0.717) is 24.2 Å². The SMILES string of the molecule is CC(=O)Nc1cccc(NC(=O)C2(C(=O)Nc3c(C)cc(C)cc3C)CC2)c1. The molecule has 0 atom stereocenters. The minimum Gasteiger partial charge on any atom is -0.326 e. The van der Waals surface area contributed by atoms with Gasteiger partial charge in [0.25, 0.3) is 0 Å². The third-order valence-corrected chi connectivity index (χ3v) is 4.98. The van der Waals surface area contributed by atoms with E-state index in [2.05, 4.69) is 16.0 Å². The first-order valence-corrected chi connectivity index (χ1v) is 9.30. The fourth-order valence-corrected chi connectivity index (χ4v) is 3.42. The van der Waals surface area contributed by atoms with Crippen LogP contribution in [-0.2, 0) is 14.4 Å². The molecule has 3 rings (SSSR count). The second-order valence-corrected chi connectivity index (χ2v) is 7.53. The lowest BCUT2D eigenvalue weighted by Gasteiger charge is -2.18. The van der Waals surface area contributed by atoms with E-state index in [9.17, 15) is 14.4 Å². The zero-order valence-corrected chi connectivity index (χ0v) is 16.6. The smallest absolute Gasteiger partial charge is 0.240 e. The summed E-state index contributed by atoms with van der Waals surface area (Å²) in [4.78, 5) is 36.9. The van der Waals surface area contributed by atoms with Gasteiger partial charge in [0.1, 0.15) is 5.41 Å². The summed E-state index contributed by atoms with van der Waals surface area (Å²) in [6, 6.07) is 10.9. The summed E-state index contributed by atoms with van der Waals surface area (Å²) in [6.07, 6.45) is 1.03. The van der Waals surface area contributed by atoms with E-state index < -0.39 is 5.41 Å². The van der Waals surface area contributed by atoms with Gasteiger partial charge in [-0.15, -0.1) is 0 Å². The summed E-state index contributed by atoms with van der Waals surface area (Å²) in [5, 5.41) is 8.44. The highest BCUT2D eigenvalue weighted by Gasteiger charge is 2.56. The monoisotopic (exact) mass is 379 g/mol. The average Bonchev–Trinajstić information content (AvgIpc) is 3.39. The lowest BCUT2D eigenvalue weighted by atomic mass is 10.0. The lowest BCUT2D eigenvalue weighted by molar-refractivity contribution is -0.131. The molecule has 6 heteroatoms. The van der Waals surface area contributed by atoms with E-state index >= 15 is 0 Å². The van der Waals surface area contributed by atoms with Crippen LogP contribution in [-0.4, -0.2) is 17.7 Å². The molecule has 1 aliphatic rings. The van der Waals surface area contributed by atoms with Crippen LogP contribution in [0, 0.1) is 26.2 Å². The maximum atomic E-state index is 12.9. The fourth-order valence-electron chi connectivity index (χ4n) is 3.42. The van der Waals surface area contributed by atoms with Crippen molar-refractivity contribution in [1.82, 2.24) is 0 Å². The van der Waals surface area contributed by atoms with Crippen molar-refractivity contribution >= 4 is 34.8 Å². The van der Waals surface area contributed by atoms with Crippen molar-refractivity contribution in [2.75, 3.05) is 16.0 Å². The van der Waals surface area contributed by atoms with Crippen LogP contribution in [0.3, 0.4) is 0 Å². The Kier molecular flexibility index (Phi) is 5.23. The molecular formula is C22H25N3O3. The van der Waals surface area contributed by atoms with Gasteiger partial charge in [0.05, 0.1) is 0 Å². The van der Waals surface area contributed by atoms with Crippen LogP contribution in [0.5, 0.6) is 0 Å². The summed E-state index contributed by atoms with van der Waals surface area (Å²) < 4.78 is 0. The number of anilines is 3. The third kappa shape index (κ3) is 4.06. The van der Waals surface area contributed by atoms with E-state index in [0.717, 1.165) is 22.4 Å². The van der Waals surface area contributed by atoms with Crippen molar-refractivity contribution in [1.29, 1.82) is 0 Å². The van der Waals surface area contributed by atoms with Crippen LogP contribution in [0.4, 0.5) is 17.1 Å². The van der Waals surface area contributed by atoms with Gasteiger partial charge in [-0.2, -0.15) is 0 Å². The van der Waals surface area contributed by atoms with Gasteiger partial charge < -0.3 is 16.0 Å². The molecule has 0 radical (unpaired) electrons. The highest BCUT2D eigenvalue weighted by Crippen LogP contribution is 2.48. The molecule has 3 amide bonds. The normalized spacial score (nSPS) is 14.1.